The van der Waals surface area contributed by atoms with Crippen LogP contribution in [0.3, 0.4) is 0 Å². The largest absolute Gasteiger partial charge is 0.462 e. The quantitative estimate of drug-likeness (QED) is 0.778. The topological polar surface area (TPSA) is 114 Å². The first-order valence-electron chi connectivity index (χ1n) is 8.12. The summed E-state index contributed by atoms with van der Waals surface area (Å²) in [5.74, 6) is -0.804. The first kappa shape index (κ1) is 17.5. The predicted molar refractivity (Wildman–Crippen MR) is 94.0 cm³/mol. The van der Waals surface area contributed by atoms with Crippen molar-refractivity contribution in [2.24, 2.45) is 0 Å². The van der Waals surface area contributed by atoms with Crippen molar-refractivity contribution in [1.29, 1.82) is 0 Å². The van der Waals surface area contributed by atoms with Gasteiger partial charge in [0.05, 0.1) is 12.3 Å². The maximum absolute atomic E-state index is 12.1. The fraction of sp³-hybridized carbons (Fsp3) is 0.294. The number of benzene rings is 1. The van der Waals surface area contributed by atoms with Gasteiger partial charge in [-0.25, -0.2) is 14.4 Å². The fourth-order valence-corrected chi connectivity index (χ4v) is 2.72. The van der Waals surface area contributed by atoms with Crippen molar-refractivity contribution in [3.63, 3.8) is 0 Å². The van der Waals surface area contributed by atoms with Crippen LogP contribution in [0.2, 0.25) is 0 Å². The number of aromatic amines is 1. The number of anilines is 1. The van der Waals surface area contributed by atoms with Gasteiger partial charge in [0.1, 0.15) is 5.56 Å². The number of carbonyl (C=O) groups excluding carboxylic acids is 2. The molecule has 1 aromatic heterocycles. The number of rotatable bonds is 4. The lowest BCUT2D eigenvalue weighted by atomic mass is 10.2. The van der Waals surface area contributed by atoms with Gasteiger partial charge >= 0.3 is 17.7 Å². The van der Waals surface area contributed by atoms with Gasteiger partial charge in [-0.15, -0.1) is 0 Å². The second-order valence-electron chi connectivity index (χ2n) is 5.87. The number of carbonyl (C=O) groups is 2. The van der Waals surface area contributed by atoms with Gasteiger partial charge in [0, 0.05) is 24.5 Å². The van der Waals surface area contributed by atoms with Crippen LogP contribution in [0.15, 0.2) is 40.1 Å². The highest BCUT2D eigenvalue weighted by molar-refractivity contribution is 5.94. The van der Waals surface area contributed by atoms with Crippen molar-refractivity contribution >= 4 is 17.7 Å². The first-order valence-corrected chi connectivity index (χ1v) is 8.12. The zero-order valence-corrected chi connectivity index (χ0v) is 14.3. The van der Waals surface area contributed by atoms with Crippen molar-refractivity contribution in [2.45, 2.75) is 19.9 Å². The summed E-state index contributed by atoms with van der Waals surface area (Å²) >= 11 is 0. The highest BCUT2D eigenvalue weighted by atomic mass is 16.5. The van der Waals surface area contributed by atoms with Crippen molar-refractivity contribution in [3.05, 3.63) is 56.9 Å². The Kier molecular flexibility index (Phi) is 4.61. The van der Waals surface area contributed by atoms with Crippen LogP contribution in [0.1, 0.15) is 24.2 Å². The monoisotopic (exact) mass is 358 g/mol. The van der Waals surface area contributed by atoms with E-state index in [4.69, 9.17) is 4.74 Å². The van der Waals surface area contributed by atoms with Crippen molar-refractivity contribution in [3.8, 4) is 5.69 Å². The predicted octanol–water partition coefficient (Wildman–Crippen LogP) is 0.621. The Morgan fingerprint density at radius 2 is 1.85 bits per heavy atom. The smallest absolute Gasteiger partial charge is 0.345 e. The molecule has 26 heavy (non-hydrogen) atoms. The SMILES string of the molecule is CCOC(=O)c1cn(-c2ccc(N3CC(C)NC3=O)cc2)c(=O)[nH]c1=O. The Balaban J connectivity index is 1.95. The molecule has 0 saturated carbocycles. The molecule has 1 aliphatic heterocycles. The van der Waals surface area contributed by atoms with Gasteiger partial charge in [0.25, 0.3) is 5.56 Å². The molecular weight excluding hydrogens is 340 g/mol. The molecule has 1 unspecified atom stereocenters. The lowest BCUT2D eigenvalue weighted by molar-refractivity contribution is 0.0523. The maximum Gasteiger partial charge on any atom is 0.345 e. The molecule has 3 rings (SSSR count). The number of amides is 2. The summed E-state index contributed by atoms with van der Waals surface area (Å²) in [7, 11) is 0. The third-order valence-electron chi connectivity index (χ3n) is 3.95. The van der Waals surface area contributed by atoms with Crippen molar-refractivity contribution in [1.82, 2.24) is 14.9 Å². The first-order chi connectivity index (χ1) is 12.4. The van der Waals surface area contributed by atoms with E-state index in [1.54, 1.807) is 36.1 Å². The summed E-state index contributed by atoms with van der Waals surface area (Å²) in [6.45, 7) is 4.19. The van der Waals surface area contributed by atoms with Gasteiger partial charge in [-0.05, 0) is 38.1 Å². The second-order valence-corrected chi connectivity index (χ2v) is 5.87. The Hall–Kier alpha value is -3.36. The molecule has 1 atom stereocenters. The second kappa shape index (κ2) is 6.87. The van der Waals surface area contributed by atoms with E-state index in [2.05, 4.69) is 10.3 Å². The molecule has 0 spiro atoms. The van der Waals surface area contributed by atoms with E-state index in [1.807, 2.05) is 6.92 Å². The van der Waals surface area contributed by atoms with Crippen LogP contribution in [0, 0.1) is 0 Å². The minimum Gasteiger partial charge on any atom is -0.462 e. The Labute approximate surface area is 148 Å². The van der Waals surface area contributed by atoms with Crippen LogP contribution in [-0.2, 0) is 4.74 Å². The Bertz CT molecular complexity index is 960. The van der Waals surface area contributed by atoms with Gasteiger partial charge in [-0.1, -0.05) is 0 Å². The lowest BCUT2D eigenvalue weighted by Crippen LogP contribution is -2.33. The molecule has 0 radical (unpaired) electrons. The van der Waals surface area contributed by atoms with Gasteiger partial charge in [0.2, 0.25) is 0 Å². The minimum atomic E-state index is -0.804. The summed E-state index contributed by atoms with van der Waals surface area (Å²) < 4.78 is 5.97. The molecule has 2 N–H and O–H groups in total. The molecule has 0 aliphatic carbocycles. The summed E-state index contributed by atoms with van der Waals surface area (Å²) in [4.78, 5) is 51.3. The molecule has 9 heteroatoms. The normalized spacial score (nSPS) is 16.5. The van der Waals surface area contributed by atoms with Crippen LogP contribution in [0.25, 0.3) is 5.69 Å². The number of nitrogens with zero attached hydrogens (tertiary/aromatic N) is 2. The minimum absolute atomic E-state index is 0.0520. The van der Waals surface area contributed by atoms with Gasteiger partial charge < -0.3 is 10.1 Å². The molecule has 1 fully saturated rings. The van der Waals surface area contributed by atoms with Gasteiger partial charge in [0.15, 0.2) is 0 Å². The van der Waals surface area contributed by atoms with E-state index in [-0.39, 0.29) is 24.2 Å². The number of urea groups is 1. The Morgan fingerprint density at radius 3 is 2.42 bits per heavy atom. The molecule has 1 saturated heterocycles. The van der Waals surface area contributed by atoms with Crippen LogP contribution < -0.4 is 21.5 Å². The molecule has 0 bridgehead atoms. The number of nitrogens with one attached hydrogen (secondary N) is 2. The van der Waals surface area contributed by atoms with Crippen molar-refractivity contribution < 1.29 is 14.3 Å². The molecular formula is C17H18N4O5. The van der Waals surface area contributed by atoms with E-state index >= 15 is 0 Å². The maximum atomic E-state index is 12.1. The number of ether oxygens (including phenoxy) is 1. The number of hydrogen-bond acceptors (Lipinski definition) is 5. The number of esters is 1. The van der Waals surface area contributed by atoms with Crippen LogP contribution in [0.4, 0.5) is 10.5 Å². The Morgan fingerprint density at radius 1 is 1.19 bits per heavy atom. The average Bonchev–Trinajstić information content (AvgIpc) is 2.94. The summed E-state index contributed by atoms with van der Waals surface area (Å²) in [6.07, 6.45) is 1.15. The zero-order chi connectivity index (χ0) is 18.8. The van der Waals surface area contributed by atoms with Gasteiger partial charge in [-0.2, -0.15) is 0 Å². The zero-order valence-electron chi connectivity index (χ0n) is 14.3. The molecule has 2 heterocycles. The van der Waals surface area contributed by atoms with E-state index in [0.29, 0.717) is 17.9 Å². The molecule has 2 amide bonds. The fourth-order valence-electron chi connectivity index (χ4n) is 2.72. The highest BCUT2D eigenvalue weighted by Crippen LogP contribution is 2.20. The van der Waals surface area contributed by atoms with E-state index in [0.717, 1.165) is 10.8 Å². The molecule has 1 aromatic carbocycles. The van der Waals surface area contributed by atoms with Crippen molar-refractivity contribution in [2.75, 3.05) is 18.1 Å². The number of hydrogen-bond donors (Lipinski definition) is 2. The number of H-pyrrole nitrogens is 1. The summed E-state index contributed by atoms with van der Waals surface area (Å²) in [6, 6.07) is 6.50. The third kappa shape index (κ3) is 3.23. The van der Waals surface area contributed by atoms with Crippen LogP contribution in [0.5, 0.6) is 0 Å². The van der Waals surface area contributed by atoms with Crippen LogP contribution in [-0.4, -0.2) is 40.7 Å². The van der Waals surface area contributed by atoms with Crippen LogP contribution >= 0.6 is 0 Å². The summed E-state index contributed by atoms with van der Waals surface area (Å²) in [5.41, 5.74) is -0.623. The molecule has 2 aromatic rings. The van der Waals surface area contributed by atoms with Gasteiger partial charge in [-0.3, -0.25) is 19.2 Å². The molecule has 1 aliphatic rings. The van der Waals surface area contributed by atoms with E-state index in [1.165, 1.54) is 0 Å². The third-order valence-corrected chi connectivity index (χ3v) is 3.95. The standard InChI is InChI=1S/C17H18N4O5/c1-3-26-15(23)13-9-21(17(25)19-14(13)22)12-6-4-11(5-7-12)20-8-10(2)18-16(20)24/h4-7,9-10H,3,8H2,1-2H3,(H,18,24)(H,19,22,25). The van der Waals surface area contributed by atoms with E-state index in [9.17, 15) is 19.2 Å². The highest BCUT2D eigenvalue weighted by Gasteiger charge is 2.26. The molecule has 9 nitrogen and oxygen atoms in total. The average molecular weight is 358 g/mol. The van der Waals surface area contributed by atoms with E-state index < -0.39 is 17.2 Å². The lowest BCUT2D eigenvalue weighted by Gasteiger charge is -2.15. The molecule has 136 valence electrons. The summed E-state index contributed by atoms with van der Waals surface area (Å²) in [5, 5.41) is 2.80. The number of aromatic nitrogens is 2.